The van der Waals surface area contributed by atoms with E-state index in [1.54, 1.807) is 0 Å². The zero-order valence-electron chi connectivity index (χ0n) is 9.34. The first kappa shape index (κ1) is 12.4. The zero-order chi connectivity index (χ0) is 11.5. The normalized spacial score (nSPS) is 22.3. The molecule has 2 nitrogen and oxygen atoms in total. The van der Waals surface area contributed by atoms with Crippen LogP contribution in [-0.4, -0.2) is 30.6 Å². The van der Waals surface area contributed by atoms with Gasteiger partial charge in [0.05, 0.1) is 5.02 Å². The molecule has 1 saturated heterocycles. The minimum atomic E-state index is 0.583. The molecule has 0 saturated carbocycles. The highest BCUT2D eigenvalue weighted by Crippen LogP contribution is 2.23. The molecule has 0 bridgehead atoms. The van der Waals surface area contributed by atoms with Crippen molar-refractivity contribution in [2.45, 2.75) is 19.5 Å². The fourth-order valence-corrected chi connectivity index (χ4v) is 2.50. The average Bonchev–Trinajstić information content (AvgIpc) is 2.24. The first-order valence-corrected chi connectivity index (χ1v) is 6.72. The zero-order valence-corrected chi connectivity index (χ0v) is 11.7. The summed E-state index contributed by atoms with van der Waals surface area (Å²) in [6.45, 7) is 6.50. The molecule has 0 amide bonds. The molecule has 0 unspecified atom stereocenters. The molecule has 0 spiro atoms. The summed E-state index contributed by atoms with van der Waals surface area (Å²) in [5.74, 6) is 0. The molecule has 1 heterocycles. The second kappa shape index (κ2) is 5.50. The van der Waals surface area contributed by atoms with E-state index >= 15 is 0 Å². The van der Waals surface area contributed by atoms with Gasteiger partial charge in [-0.25, -0.2) is 0 Å². The van der Waals surface area contributed by atoms with E-state index in [0.717, 1.165) is 35.7 Å². The van der Waals surface area contributed by atoms with Crippen LogP contribution in [0.15, 0.2) is 22.7 Å². The van der Waals surface area contributed by atoms with Crippen LogP contribution in [0.4, 0.5) is 0 Å². The van der Waals surface area contributed by atoms with Crippen molar-refractivity contribution < 1.29 is 0 Å². The maximum atomic E-state index is 6.08. The SMILES string of the molecule is C[C@H]1CN(Cc2ccc(Br)c(Cl)c2)CCN1. The van der Waals surface area contributed by atoms with Crippen molar-refractivity contribution in [2.75, 3.05) is 19.6 Å². The van der Waals surface area contributed by atoms with Gasteiger partial charge in [-0.3, -0.25) is 4.90 Å². The maximum absolute atomic E-state index is 6.08. The second-order valence-electron chi connectivity index (χ2n) is 4.34. The summed E-state index contributed by atoms with van der Waals surface area (Å²) in [5, 5.41) is 4.24. The lowest BCUT2D eigenvalue weighted by molar-refractivity contribution is 0.199. The summed E-state index contributed by atoms with van der Waals surface area (Å²) in [4.78, 5) is 2.46. The fourth-order valence-electron chi connectivity index (χ4n) is 2.05. The Balaban J connectivity index is 2.00. The summed E-state index contributed by atoms with van der Waals surface area (Å²) >= 11 is 9.49. The average molecular weight is 304 g/mol. The molecule has 1 aromatic rings. The lowest BCUT2D eigenvalue weighted by Crippen LogP contribution is -2.48. The molecular formula is C12H16BrClN2. The van der Waals surface area contributed by atoms with Crippen molar-refractivity contribution in [1.82, 2.24) is 10.2 Å². The standard InChI is InChI=1S/C12H16BrClN2/c1-9-7-16(5-4-15-9)8-10-2-3-11(13)12(14)6-10/h2-3,6,9,15H,4-5,7-8H2,1H3/t9-/m0/s1. The van der Waals surface area contributed by atoms with Crippen LogP contribution in [0.2, 0.25) is 5.02 Å². The number of hydrogen-bond donors (Lipinski definition) is 1. The molecule has 1 N–H and O–H groups in total. The number of nitrogens with one attached hydrogen (secondary N) is 1. The quantitative estimate of drug-likeness (QED) is 0.904. The Kier molecular flexibility index (Phi) is 4.25. The van der Waals surface area contributed by atoms with Gasteiger partial charge in [-0.2, -0.15) is 0 Å². The molecule has 88 valence electrons. The Morgan fingerprint density at radius 3 is 3.06 bits per heavy atom. The Morgan fingerprint density at radius 1 is 1.56 bits per heavy atom. The van der Waals surface area contributed by atoms with Crippen LogP contribution in [-0.2, 0) is 6.54 Å². The van der Waals surface area contributed by atoms with E-state index in [0.29, 0.717) is 6.04 Å². The Morgan fingerprint density at radius 2 is 2.38 bits per heavy atom. The van der Waals surface area contributed by atoms with E-state index in [4.69, 9.17) is 11.6 Å². The van der Waals surface area contributed by atoms with Crippen LogP contribution < -0.4 is 5.32 Å². The highest BCUT2D eigenvalue weighted by Gasteiger charge is 2.15. The monoisotopic (exact) mass is 302 g/mol. The van der Waals surface area contributed by atoms with Gasteiger partial charge in [0.15, 0.2) is 0 Å². The lowest BCUT2D eigenvalue weighted by atomic mass is 10.1. The lowest BCUT2D eigenvalue weighted by Gasteiger charge is -2.31. The van der Waals surface area contributed by atoms with Gasteiger partial charge in [-0.1, -0.05) is 17.7 Å². The van der Waals surface area contributed by atoms with Crippen molar-refractivity contribution in [1.29, 1.82) is 0 Å². The number of halogens is 2. The molecule has 1 fully saturated rings. The topological polar surface area (TPSA) is 15.3 Å². The Bertz CT molecular complexity index is 370. The molecule has 0 aromatic heterocycles. The second-order valence-corrected chi connectivity index (χ2v) is 5.60. The third-order valence-corrected chi connectivity index (χ3v) is 4.08. The fraction of sp³-hybridized carbons (Fsp3) is 0.500. The number of benzene rings is 1. The van der Waals surface area contributed by atoms with Crippen LogP contribution in [0.3, 0.4) is 0 Å². The first-order chi connectivity index (χ1) is 7.65. The summed E-state index contributed by atoms with van der Waals surface area (Å²) < 4.78 is 0.964. The number of rotatable bonds is 2. The molecule has 0 aliphatic carbocycles. The highest BCUT2D eigenvalue weighted by atomic mass is 79.9. The summed E-state index contributed by atoms with van der Waals surface area (Å²) in [5.41, 5.74) is 1.28. The van der Waals surface area contributed by atoms with Crippen LogP contribution in [0.1, 0.15) is 12.5 Å². The minimum Gasteiger partial charge on any atom is -0.312 e. The molecule has 1 atom stereocenters. The summed E-state index contributed by atoms with van der Waals surface area (Å²) in [6, 6.07) is 6.77. The molecule has 16 heavy (non-hydrogen) atoms. The van der Waals surface area contributed by atoms with Crippen LogP contribution >= 0.6 is 27.5 Å². The third kappa shape index (κ3) is 3.20. The molecule has 4 heteroatoms. The van der Waals surface area contributed by atoms with Gasteiger partial charge in [0.2, 0.25) is 0 Å². The van der Waals surface area contributed by atoms with Gasteiger partial charge >= 0.3 is 0 Å². The van der Waals surface area contributed by atoms with Gasteiger partial charge in [0.1, 0.15) is 0 Å². The highest BCUT2D eigenvalue weighted by molar-refractivity contribution is 9.10. The van der Waals surface area contributed by atoms with Crippen molar-refractivity contribution in [3.05, 3.63) is 33.3 Å². The van der Waals surface area contributed by atoms with Gasteiger partial charge in [0, 0.05) is 36.7 Å². The first-order valence-electron chi connectivity index (χ1n) is 5.55. The van der Waals surface area contributed by atoms with Gasteiger partial charge < -0.3 is 5.32 Å². The summed E-state index contributed by atoms with van der Waals surface area (Å²) in [7, 11) is 0. The van der Waals surface area contributed by atoms with E-state index in [9.17, 15) is 0 Å². The molecule has 2 rings (SSSR count). The molecule has 1 aliphatic heterocycles. The van der Waals surface area contributed by atoms with Gasteiger partial charge in [0.25, 0.3) is 0 Å². The Labute approximate surface area is 110 Å². The minimum absolute atomic E-state index is 0.583. The Hall–Kier alpha value is -0.0900. The smallest absolute Gasteiger partial charge is 0.0551 e. The molecule has 1 aromatic carbocycles. The van der Waals surface area contributed by atoms with E-state index in [2.05, 4.69) is 39.1 Å². The van der Waals surface area contributed by atoms with Crippen molar-refractivity contribution in [3.8, 4) is 0 Å². The molecular weight excluding hydrogens is 288 g/mol. The predicted molar refractivity (Wildman–Crippen MR) is 71.9 cm³/mol. The van der Waals surface area contributed by atoms with Crippen LogP contribution in [0.5, 0.6) is 0 Å². The van der Waals surface area contributed by atoms with Crippen LogP contribution in [0.25, 0.3) is 0 Å². The van der Waals surface area contributed by atoms with Crippen molar-refractivity contribution in [3.63, 3.8) is 0 Å². The van der Waals surface area contributed by atoms with E-state index < -0.39 is 0 Å². The maximum Gasteiger partial charge on any atom is 0.0551 e. The number of piperazine rings is 1. The predicted octanol–water partition coefficient (Wildman–Crippen LogP) is 2.90. The number of hydrogen-bond acceptors (Lipinski definition) is 2. The van der Waals surface area contributed by atoms with Gasteiger partial charge in [-0.15, -0.1) is 0 Å². The number of nitrogens with zero attached hydrogens (tertiary/aromatic N) is 1. The third-order valence-electron chi connectivity index (χ3n) is 2.84. The summed E-state index contributed by atoms with van der Waals surface area (Å²) in [6.07, 6.45) is 0. The van der Waals surface area contributed by atoms with Gasteiger partial charge in [-0.05, 0) is 40.5 Å². The molecule has 0 radical (unpaired) electrons. The van der Waals surface area contributed by atoms with Crippen molar-refractivity contribution >= 4 is 27.5 Å². The van der Waals surface area contributed by atoms with E-state index in [1.807, 2.05) is 12.1 Å². The van der Waals surface area contributed by atoms with Crippen LogP contribution in [0, 0.1) is 0 Å². The molecule has 1 aliphatic rings. The van der Waals surface area contributed by atoms with E-state index in [-0.39, 0.29) is 0 Å². The van der Waals surface area contributed by atoms with E-state index in [1.165, 1.54) is 5.56 Å². The largest absolute Gasteiger partial charge is 0.312 e. The van der Waals surface area contributed by atoms with Crippen molar-refractivity contribution in [2.24, 2.45) is 0 Å².